The normalized spacial score (nSPS) is 17.4. The molecule has 1 aliphatic heterocycles. The first kappa shape index (κ1) is 16.4. The Labute approximate surface area is 128 Å². The molecule has 1 aromatic carbocycles. The number of ether oxygens (including phenoxy) is 2. The number of hydrogen-bond acceptors (Lipinski definition) is 5. The molecule has 1 aliphatic rings. The van der Waals surface area contributed by atoms with Crippen LogP contribution < -0.4 is 5.32 Å². The van der Waals surface area contributed by atoms with E-state index >= 15 is 0 Å². The van der Waals surface area contributed by atoms with Gasteiger partial charge in [-0.15, -0.1) is 0 Å². The molecule has 1 N–H and O–H groups in total. The molecular formula is C15H20N2O5. The number of nitro benzene ring substituents is 1. The van der Waals surface area contributed by atoms with Crippen LogP contribution in [0, 0.1) is 10.1 Å². The van der Waals surface area contributed by atoms with Crippen LogP contribution >= 0.6 is 0 Å². The van der Waals surface area contributed by atoms with E-state index in [0.29, 0.717) is 31.7 Å². The first-order valence-electron chi connectivity index (χ1n) is 7.39. The fourth-order valence-electron chi connectivity index (χ4n) is 2.20. The Morgan fingerprint density at radius 3 is 2.82 bits per heavy atom. The molecule has 7 nitrogen and oxygen atoms in total. The number of nitrogens with one attached hydrogen (secondary N) is 1. The molecule has 0 spiro atoms. The summed E-state index contributed by atoms with van der Waals surface area (Å²) in [4.78, 5) is 21.9. The standard InChI is InChI=1S/C15H20N2O5/c18-15(12-4-6-13(7-5-12)17(19)20)16-8-2-9-21-11-14-3-1-10-22-14/h4-7,14H,1-3,8-11H2,(H,16,18). The van der Waals surface area contributed by atoms with Crippen molar-refractivity contribution >= 4 is 11.6 Å². The van der Waals surface area contributed by atoms with Gasteiger partial charge in [-0.25, -0.2) is 0 Å². The Morgan fingerprint density at radius 1 is 1.41 bits per heavy atom. The van der Waals surface area contributed by atoms with Crippen molar-refractivity contribution in [3.8, 4) is 0 Å². The maximum absolute atomic E-state index is 11.8. The zero-order chi connectivity index (χ0) is 15.8. The van der Waals surface area contributed by atoms with Crippen molar-refractivity contribution < 1.29 is 19.2 Å². The van der Waals surface area contributed by atoms with Crippen LogP contribution in [0.5, 0.6) is 0 Å². The summed E-state index contributed by atoms with van der Waals surface area (Å²) in [6.07, 6.45) is 3.08. The summed E-state index contributed by atoms with van der Waals surface area (Å²) in [5, 5.41) is 13.3. The smallest absolute Gasteiger partial charge is 0.269 e. The number of nitrogens with zero attached hydrogens (tertiary/aromatic N) is 1. The monoisotopic (exact) mass is 308 g/mol. The van der Waals surface area contributed by atoms with Crippen LogP contribution in [0.2, 0.25) is 0 Å². The van der Waals surface area contributed by atoms with Gasteiger partial charge in [-0.2, -0.15) is 0 Å². The third-order valence-electron chi connectivity index (χ3n) is 3.42. The third kappa shape index (κ3) is 5.09. The molecule has 1 heterocycles. The van der Waals surface area contributed by atoms with Gasteiger partial charge in [0.1, 0.15) is 0 Å². The van der Waals surface area contributed by atoms with Crippen LogP contribution in [-0.4, -0.2) is 43.3 Å². The summed E-state index contributed by atoms with van der Waals surface area (Å²) < 4.78 is 10.9. The molecule has 0 radical (unpaired) electrons. The van der Waals surface area contributed by atoms with Gasteiger partial charge in [-0.3, -0.25) is 14.9 Å². The number of nitro groups is 1. The zero-order valence-corrected chi connectivity index (χ0v) is 12.3. The Morgan fingerprint density at radius 2 is 2.18 bits per heavy atom. The van der Waals surface area contributed by atoms with E-state index in [1.54, 1.807) is 0 Å². The third-order valence-corrected chi connectivity index (χ3v) is 3.42. The summed E-state index contributed by atoms with van der Waals surface area (Å²) in [5.74, 6) is -0.242. The summed E-state index contributed by atoms with van der Waals surface area (Å²) in [5.41, 5.74) is 0.380. The molecule has 1 saturated heterocycles. The number of carbonyl (C=O) groups excluding carboxylic acids is 1. The summed E-state index contributed by atoms with van der Waals surface area (Å²) in [6.45, 7) is 2.50. The second-order valence-corrected chi connectivity index (χ2v) is 5.12. The minimum atomic E-state index is -0.493. The maximum atomic E-state index is 11.8. The number of benzene rings is 1. The second-order valence-electron chi connectivity index (χ2n) is 5.12. The highest BCUT2D eigenvalue weighted by Crippen LogP contribution is 2.12. The average Bonchev–Trinajstić information content (AvgIpc) is 3.04. The molecule has 0 saturated carbocycles. The van der Waals surface area contributed by atoms with Crippen molar-refractivity contribution in [3.63, 3.8) is 0 Å². The van der Waals surface area contributed by atoms with Crippen molar-refractivity contribution in [1.82, 2.24) is 5.32 Å². The van der Waals surface area contributed by atoms with E-state index in [4.69, 9.17) is 9.47 Å². The molecule has 1 amide bonds. The van der Waals surface area contributed by atoms with Gasteiger partial charge < -0.3 is 14.8 Å². The average molecular weight is 308 g/mol. The molecule has 2 rings (SSSR count). The largest absolute Gasteiger partial charge is 0.379 e. The van der Waals surface area contributed by atoms with E-state index in [1.807, 2.05) is 0 Å². The molecule has 120 valence electrons. The van der Waals surface area contributed by atoms with Gasteiger partial charge in [0.25, 0.3) is 11.6 Å². The molecule has 7 heteroatoms. The summed E-state index contributed by atoms with van der Waals surface area (Å²) in [7, 11) is 0. The minimum Gasteiger partial charge on any atom is -0.379 e. The van der Waals surface area contributed by atoms with Crippen LogP contribution in [0.4, 0.5) is 5.69 Å². The topological polar surface area (TPSA) is 90.7 Å². The lowest BCUT2D eigenvalue weighted by atomic mass is 10.2. The van der Waals surface area contributed by atoms with E-state index < -0.39 is 4.92 Å². The Bertz CT molecular complexity index is 497. The predicted octanol–water partition coefficient (Wildman–Crippen LogP) is 1.91. The van der Waals surface area contributed by atoms with Crippen molar-refractivity contribution in [2.45, 2.75) is 25.4 Å². The molecule has 0 aliphatic carbocycles. The molecule has 1 aromatic rings. The molecular weight excluding hydrogens is 288 g/mol. The van der Waals surface area contributed by atoms with Gasteiger partial charge in [0.05, 0.1) is 17.6 Å². The van der Waals surface area contributed by atoms with Gasteiger partial charge in [-0.05, 0) is 31.4 Å². The van der Waals surface area contributed by atoms with Gasteiger partial charge in [-0.1, -0.05) is 0 Å². The quantitative estimate of drug-likeness (QED) is 0.450. The summed E-state index contributed by atoms with van der Waals surface area (Å²) >= 11 is 0. The Balaban J connectivity index is 1.59. The van der Waals surface area contributed by atoms with Crippen molar-refractivity contribution in [2.75, 3.05) is 26.4 Å². The predicted molar refractivity (Wildman–Crippen MR) is 79.8 cm³/mol. The van der Waals surface area contributed by atoms with Crippen molar-refractivity contribution in [1.29, 1.82) is 0 Å². The zero-order valence-electron chi connectivity index (χ0n) is 12.3. The molecule has 22 heavy (non-hydrogen) atoms. The van der Waals surface area contributed by atoms with Crippen LogP contribution in [-0.2, 0) is 9.47 Å². The van der Waals surface area contributed by atoms with Gasteiger partial charge in [0.15, 0.2) is 0 Å². The molecule has 0 bridgehead atoms. The highest BCUT2D eigenvalue weighted by atomic mass is 16.6. The highest BCUT2D eigenvalue weighted by Gasteiger charge is 2.15. The second kappa shape index (κ2) is 8.45. The first-order chi connectivity index (χ1) is 10.7. The van der Waals surface area contributed by atoms with Crippen molar-refractivity contribution in [2.24, 2.45) is 0 Å². The van der Waals surface area contributed by atoms with Crippen LogP contribution in [0.15, 0.2) is 24.3 Å². The maximum Gasteiger partial charge on any atom is 0.269 e. The number of amides is 1. The fraction of sp³-hybridized carbons (Fsp3) is 0.533. The molecule has 1 atom stereocenters. The number of hydrogen-bond donors (Lipinski definition) is 1. The molecule has 1 unspecified atom stereocenters. The minimum absolute atomic E-state index is 0.0286. The highest BCUT2D eigenvalue weighted by molar-refractivity contribution is 5.94. The molecule has 1 fully saturated rings. The van der Waals surface area contributed by atoms with Crippen LogP contribution in [0.1, 0.15) is 29.6 Å². The van der Waals surface area contributed by atoms with E-state index in [1.165, 1.54) is 24.3 Å². The van der Waals surface area contributed by atoms with Gasteiger partial charge in [0, 0.05) is 37.5 Å². The lowest BCUT2D eigenvalue weighted by Gasteiger charge is -2.10. The SMILES string of the molecule is O=C(NCCCOCC1CCCO1)c1ccc([N+](=O)[O-])cc1. The van der Waals surface area contributed by atoms with Crippen LogP contribution in [0.25, 0.3) is 0 Å². The van der Waals surface area contributed by atoms with E-state index in [-0.39, 0.29) is 17.7 Å². The Kier molecular flexibility index (Phi) is 6.29. The number of rotatable bonds is 8. The first-order valence-corrected chi connectivity index (χ1v) is 7.39. The van der Waals surface area contributed by atoms with Gasteiger partial charge >= 0.3 is 0 Å². The number of non-ortho nitro benzene ring substituents is 1. The lowest BCUT2D eigenvalue weighted by molar-refractivity contribution is -0.384. The van der Waals surface area contributed by atoms with E-state index in [9.17, 15) is 14.9 Å². The Hall–Kier alpha value is -1.99. The molecule has 0 aromatic heterocycles. The van der Waals surface area contributed by atoms with E-state index in [2.05, 4.69) is 5.32 Å². The number of carbonyl (C=O) groups is 1. The van der Waals surface area contributed by atoms with Crippen molar-refractivity contribution in [3.05, 3.63) is 39.9 Å². The van der Waals surface area contributed by atoms with Crippen LogP contribution in [0.3, 0.4) is 0 Å². The summed E-state index contributed by atoms with van der Waals surface area (Å²) in [6, 6.07) is 5.53. The lowest BCUT2D eigenvalue weighted by Crippen LogP contribution is -2.25. The van der Waals surface area contributed by atoms with Gasteiger partial charge in [0.2, 0.25) is 0 Å². The fourth-order valence-corrected chi connectivity index (χ4v) is 2.20. The van der Waals surface area contributed by atoms with E-state index in [0.717, 1.165) is 19.4 Å².